The van der Waals surface area contributed by atoms with Crippen molar-refractivity contribution >= 4 is 62.3 Å². The zero-order chi connectivity index (χ0) is 30.3. The summed E-state index contributed by atoms with van der Waals surface area (Å²) < 4.78 is 28.8. The average Bonchev–Trinajstić information content (AvgIpc) is 2.98. The number of sulfonamides is 1. The summed E-state index contributed by atoms with van der Waals surface area (Å²) in [6, 6.07) is 27.3. The highest BCUT2D eigenvalue weighted by atomic mass is 35.5. The van der Waals surface area contributed by atoms with E-state index in [-0.39, 0.29) is 28.6 Å². The molecule has 0 unspecified atom stereocenters. The maximum Gasteiger partial charge on any atom is 0.264 e. The first-order valence-corrected chi connectivity index (χ1v) is 15.5. The van der Waals surface area contributed by atoms with Crippen molar-refractivity contribution in [1.82, 2.24) is 10.2 Å². The van der Waals surface area contributed by atoms with E-state index in [1.807, 2.05) is 30.3 Å². The predicted octanol–water partition coefficient (Wildman–Crippen LogP) is 6.23. The number of nitrogens with zero attached hydrogens (tertiary/aromatic N) is 2. The van der Waals surface area contributed by atoms with Crippen LogP contribution in [-0.2, 0) is 32.6 Å². The second-order valence-corrected chi connectivity index (χ2v) is 12.5. The first-order chi connectivity index (χ1) is 20.1. The van der Waals surface area contributed by atoms with Gasteiger partial charge in [-0.2, -0.15) is 0 Å². The molecule has 1 atom stereocenters. The summed E-state index contributed by atoms with van der Waals surface area (Å²) in [6.07, 6.45) is 0.194. The molecule has 4 aromatic rings. The maximum absolute atomic E-state index is 14.3. The minimum absolute atomic E-state index is 0.00210. The van der Waals surface area contributed by atoms with Gasteiger partial charge in [-0.3, -0.25) is 13.9 Å². The zero-order valence-corrected chi connectivity index (χ0v) is 25.7. The molecule has 0 aliphatic carbocycles. The molecular weight excluding hydrogens is 617 g/mol. The van der Waals surface area contributed by atoms with Gasteiger partial charge in [0, 0.05) is 30.1 Å². The molecule has 0 radical (unpaired) electrons. The topological polar surface area (TPSA) is 86.8 Å². The normalized spacial score (nSPS) is 11.9. The second-order valence-electron chi connectivity index (χ2n) is 9.39. The predicted molar refractivity (Wildman–Crippen MR) is 167 cm³/mol. The molecule has 0 saturated carbocycles. The molecule has 0 bridgehead atoms. The van der Waals surface area contributed by atoms with Crippen molar-refractivity contribution < 1.29 is 18.0 Å². The Morgan fingerprint density at radius 1 is 0.786 bits per heavy atom. The van der Waals surface area contributed by atoms with Crippen LogP contribution in [0.5, 0.6) is 0 Å². The SMILES string of the molecule is CNC(=O)[C@@H](Cc1ccccc1)N(Cc1cccc(Cl)c1)C(=O)CN(c1ccc(Cl)cc1Cl)S(=O)(=O)c1ccccc1. The lowest BCUT2D eigenvalue weighted by Crippen LogP contribution is -2.53. The van der Waals surface area contributed by atoms with Crippen molar-refractivity contribution in [2.75, 3.05) is 17.9 Å². The molecule has 2 amide bonds. The first kappa shape index (κ1) is 31.4. The van der Waals surface area contributed by atoms with E-state index < -0.39 is 34.4 Å². The third kappa shape index (κ3) is 7.63. The van der Waals surface area contributed by atoms with E-state index in [0.29, 0.717) is 15.6 Å². The van der Waals surface area contributed by atoms with Gasteiger partial charge in [0.05, 0.1) is 15.6 Å². The molecule has 42 heavy (non-hydrogen) atoms. The van der Waals surface area contributed by atoms with Gasteiger partial charge in [0.15, 0.2) is 0 Å². The highest BCUT2D eigenvalue weighted by Gasteiger charge is 2.35. The summed E-state index contributed by atoms with van der Waals surface area (Å²) in [6.45, 7) is -0.640. The van der Waals surface area contributed by atoms with Gasteiger partial charge in [0.25, 0.3) is 10.0 Å². The van der Waals surface area contributed by atoms with Crippen LogP contribution < -0.4 is 9.62 Å². The van der Waals surface area contributed by atoms with E-state index in [1.54, 1.807) is 42.5 Å². The Labute approximate surface area is 260 Å². The number of benzene rings is 4. The molecule has 1 N–H and O–H groups in total. The molecule has 218 valence electrons. The number of amides is 2. The van der Waals surface area contributed by atoms with Crippen molar-refractivity contribution in [3.63, 3.8) is 0 Å². The van der Waals surface area contributed by atoms with Crippen LogP contribution in [0.3, 0.4) is 0 Å². The lowest BCUT2D eigenvalue weighted by molar-refractivity contribution is -0.139. The molecule has 4 aromatic carbocycles. The minimum atomic E-state index is -4.27. The Morgan fingerprint density at radius 2 is 1.40 bits per heavy atom. The first-order valence-electron chi connectivity index (χ1n) is 12.9. The smallest absolute Gasteiger partial charge is 0.264 e. The van der Waals surface area contributed by atoms with Crippen LogP contribution in [0, 0.1) is 0 Å². The third-order valence-corrected chi connectivity index (χ3v) is 9.09. The Morgan fingerprint density at radius 3 is 2.02 bits per heavy atom. The van der Waals surface area contributed by atoms with Gasteiger partial charge in [0.1, 0.15) is 12.6 Å². The summed E-state index contributed by atoms with van der Waals surface area (Å²) >= 11 is 18.8. The van der Waals surface area contributed by atoms with E-state index in [2.05, 4.69) is 5.32 Å². The van der Waals surface area contributed by atoms with Gasteiger partial charge in [-0.25, -0.2) is 8.42 Å². The standard InChI is InChI=1S/C31H28Cl3N3O4S/c1-35-31(39)29(18-22-9-4-2-5-10-22)36(20-23-11-8-12-24(32)17-23)30(38)21-37(28-16-15-25(33)19-27(28)34)42(40,41)26-13-6-3-7-14-26/h2-17,19,29H,18,20-21H2,1H3,(H,35,39)/t29-/m1/s1. The number of carbonyl (C=O) groups excluding carboxylic acids is 2. The van der Waals surface area contributed by atoms with Crippen LogP contribution in [0.2, 0.25) is 15.1 Å². The van der Waals surface area contributed by atoms with E-state index in [1.165, 1.54) is 42.3 Å². The fourth-order valence-electron chi connectivity index (χ4n) is 4.47. The molecule has 7 nitrogen and oxygen atoms in total. The number of likely N-dealkylation sites (N-methyl/N-ethyl adjacent to an activating group) is 1. The number of nitrogens with one attached hydrogen (secondary N) is 1. The molecule has 4 rings (SSSR count). The van der Waals surface area contributed by atoms with Gasteiger partial charge >= 0.3 is 0 Å². The molecule has 11 heteroatoms. The van der Waals surface area contributed by atoms with Crippen LogP contribution in [-0.4, -0.2) is 44.8 Å². The van der Waals surface area contributed by atoms with Crippen LogP contribution in [0.25, 0.3) is 0 Å². The Hall–Kier alpha value is -3.56. The molecule has 0 fully saturated rings. The molecule has 0 aromatic heterocycles. The van der Waals surface area contributed by atoms with Gasteiger partial charge < -0.3 is 10.2 Å². The molecule has 0 spiro atoms. The molecule has 0 aliphatic rings. The third-order valence-electron chi connectivity index (χ3n) is 6.55. The van der Waals surface area contributed by atoms with Crippen molar-refractivity contribution in [3.8, 4) is 0 Å². The number of hydrogen-bond donors (Lipinski definition) is 1. The molecule has 0 aliphatic heterocycles. The molecule has 0 saturated heterocycles. The number of rotatable bonds is 11. The monoisotopic (exact) mass is 643 g/mol. The summed E-state index contributed by atoms with van der Waals surface area (Å²) in [4.78, 5) is 28.9. The maximum atomic E-state index is 14.3. The number of anilines is 1. The van der Waals surface area contributed by atoms with Crippen LogP contribution in [0.1, 0.15) is 11.1 Å². The van der Waals surface area contributed by atoms with E-state index >= 15 is 0 Å². The van der Waals surface area contributed by atoms with E-state index in [9.17, 15) is 18.0 Å². The molecular formula is C31H28Cl3N3O4S. The quantitative estimate of drug-likeness (QED) is 0.210. The highest BCUT2D eigenvalue weighted by Crippen LogP contribution is 2.33. The Bertz CT molecular complexity index is 1650. The summed E-state index contributed by atoms with van der Waals surface area (Å²) in [5, 5.41) is 3.45. The summed E-state index contributed by atoms with van der Waals surface area (Å²) in [5.74, 6) is -1.03. The van der Waals surface area contributed by atoms with E-state index in [4.69, 9.17) is 34.8 Å². The average molecular weight is 645 g/mol. The number of carbonyl (C=O) groups is 2. The second kappa shape index (κ2) is 14.1. The van der Waals surface area contributed by atoms with Gasteiger partial charge in [-0.1, -0.05) is 95.5 Å². The summed E-state index contributed by atoms with van der Waals surface area (Å²) in [5.41, 5.74) is 1.56. The largest absolute Gasteiger partial charge is 0.357 e. The van der Waals surface area contributed by atoms with Crippen LogP contribution >= 0.6 is 34.8 Å². The lowest BCUT2D eigenvalue weighted by Gasteiger charge is -2.33. The van der Waals surface area contributed by atoms with Gasteiger partial charge in [-0.05, 0) is 53.6 Å². The van der Waals surface area contributed by atoms with E-state index in [0.717, 1.165) is 9.87 Å². The number of halogens is 3. The molecule has 0 heterocycles. The number of hydrogen-bond acceptors (Lipinski definition) is 4. The fourth-order valence-corrected chi connectivity index (χ4v) is 6.70. The van der Waals surface area contributed by atoms with Gasteiger partial charge in [-0.15, -0.1) is 0 Å². The minimum Gasteiger partial charge on any atom is -0.357 e. The van der Waals surface area contributed by atoms with Crippen molar-refractivity contribution in [3.05, 3.63) is 129 Å². The van der Waals surface area contributed by atoms with Crippen molar-refractivity contribution in [2.45, 2.75) is 23.9 Å². The van der Waals surface area contributed by atoms with Crippen molar-refractivity contribution in [2.24, 2.45) is 0 Å². The summed E-state index contributed by atoms with van der Waals surface area (Å²) in [7, 11) is -2.78. The van der Waals surface area contributed by atoms with Crippen LogP contribution in [0.15, 0.2) is 108 Å². The highest BCUT2D eigenvalue weighted by molar-refractivity contribution is 7.92. The zero-order valence-electron chi connectivity index (χ0n) is 22.6. The lowest BCUT2D eigenvalue weighted by atomic mass is 10.0. The van der Waals surface area contributed by atoms with Gasteiger partial charge in [0.2, 0.25) is 11.8 Å². The fraction of sp³-hybridized carbons (Fsp3) is 0.161. The Kier molecular flexibility index (Phi) is 10.5. The van der Waals surface area contributed by atoms with Crippen LogP contribution in [0.4, 0.5) is 5.69 Å². The van der Waals surface area contributed by atoms with Crippen molar-refractivity contribution in [1.29, 1.82) is 0 Å². The Balaban J connectivity index is 1.81.